The van der Waals surface area contributed by atoms with E-state index in [1.54, 1.807) is 0 Å². The summed E-state index contributed by atoms with van der Waals surface area (Å²) in [5.41, 5.74) is 1.24. The van der Waals surface area contributed by atoms with Gasteiger partial charge in [-0.1, -0.05) is 30.3 Å². The van der Waals surface area contributed by atoms with Crippen molar-refractivity contribution in [3.8, 4) is 5.88 Å². The van der Waals surface area contributed by atoms with Gasteiger partial charge in [0.15, 0.2) is 5.82 Å². The van der Waals surface area contributed by atoms with E-state index in [9.17, 15) is 4.39 Å². The van der Waals surface area contributed by atoms with Crippen molar-refractivity contribution in [2.24, 2.45) is 0 Å². The summed E-state index contributed by atoms with van der Waals surface area (Å²) in [7, 11) is 0. The van der Waals surface area contributed by atoms with Gasteiger partial charge in [-0.25, -0.2) is 9.37 Å². The minimum absolute atomic E-state index is 0.0521. The van der Waals surface area contributed by atoms with Crippen LogP contribution in [0.4, 0.5) is 4.39 Å². The molecule has 0 amide bonds. The molecule has 3 nitrogen and oxygen atoms in total. The Balaban J connectivity index is 1.62. The lowest BCUT2D eigenvalue weighted by molar-refractivity contribution is 0.281. The molecule has 20 heavy (non-hydrogen) atoms. The van der Waals surface area contributed by atoms with Crippen LogP contribution in [0.15, 0.2) is 47.1 Å². The fourth-order valence-corrected chi connectivity index (χ4v) is 2.01. The summed E-state index contributed by atoms with van der Waals surface area (Å²) in [6.45, 7) is 2.08. The molecule has 2 rings (SSSR count). The van der Waals surface area contributed by atoms with Crippen molar-refractivity contribution >= 4 is 15.9 Å². The van der Waals surface area contributed by atoms with Gasteiger partial charge in [-0.15, -0.1) is 0 Å². The lowest BCUT2D eigenvalue weighted by atomic mass is 10.2. The largest absolute Gasteiger partial charge is 0.476 e. The SMILES string of the molecule is Fc1cc(Br)cnc1OCCCNCc1ccccc1. The number of pyridine rings is 1. The average molecular weight is 339 g/mol. The molecule has 1 aromatic heterocycles. The number of hydrogen-bond acceptors (Lipinski definition) is 3. The Morgan fingerprint density at radius 3 is 2.80 bits per heavy atom. The average Bonchev–Trinajstić information content (AvgIpc) is 2.46. The summed E-state index contributed by atoms with van der Waals surface area (Å²) < 4.78 is 19.3. The van der Waals surface area contributed by atoms with E-state index in [1.165, 1.54) is 17.8 Å². The molecule has 5 heteroatoms. The number of benzene rings is 1. The van der Waals surface area contributed by atoms with Gasteiger partial charge in [-0.05, 0) is 40.5 Å². The Morgan fingerprint density at radius 2 is 2.05 bits per heavy atom. The number of nitrogens with one attached hydrogen (secondary N) is 1. The molecule has 2 aromatic rings. The summed E-state index contributed by atoms with van der Waals surface area (Å²) in [6.07, 6.45) is 2.32. The maximum atomic E-state index is 13.4. The lowest BCUT2D eigenvalue weighted by Gasteiger charge is -2.07. The zero-order chi connectivity index (χ0) is 14.2. The van der Waals surface area contributed by atoms with Gasteiger partial charge in [0.2, 0.25) is 5.88 Å². The number of halogens is 2. The number of nitrogens with zero attached hydrogens (tertiary/aromatic N) is 1. The van der Waals surface area contributed by atoms with Crippen LogP contribution in [0.1, 0.15) is 12.0 Å². The zero-order valence-electron chi connectivity index (χ0n) is 11.0. The highest BCUT2D eigenvalue weighted by molar-refractivity contribution is 9.10. The van der Waals surface area contributed by atoms with Crippen molar-refractivity contribution in [1.29, 1.82) is 0 Å². The van der Waals surface area contributed by atoms with E-state index in [0.717, 1.165) is 19.5 Å². The molecule has 0 aliphatic rings. The first-order valence-corrected chi connectivity index (χ1v) is 7.23. The van der Waals surface area contributed by atoms with E-state index in [4.69, 9.17) is 4.74 Å². The van der Waals surface area contributed by atoms with E-state index in [-0.39, 0.29) is 5.88 Å². The van der Waals surface area contributed by atoms with Crippen molar-refractivity contribution in [1.82, 2.24) is 10.3 Å². The van der Waals surface area contributed by atoms with E-state index >= 15 is 0 Å². The molecule has 0 fully saturated rings. The van der Waals surface area contributed by atoms with Crippen molar-refractivity contribution in [2.45, 2.75) is 13.0 Å². The van der Waals surface area contributed by atoms with Crippen LogP contribution in [0, 0.1) is 5.82 Å². The van der Waals surface area contributed by atoms with Gasteiger partial charge < -0.3 is 10.1 Å². The molecular formula is C15H16BrFN2O. The third-order valence-corrected chi connectivity index (χ3v) is 3.12. The summed E-state index contributed by atoms with van der Waals surface area (Å²) >= 11 is 3.15. The molecule has 0 unspecified atom stereocenters. The van der Waals surface area contributed by atoms with E-state index in [2.05, 4.69) is 38.4 Å². The van der Waals surface area contributed by atoms with Gasteiger partial charge in [0.05, 0.1) is 6.61 Å². The minimum Gasteiger partial charge on any atom is -0.476 e. The Kier molecular flexibility index (Phi) is 5.95. The van der Waals surface area contributed by atoms with Crippen LogP contribution in [-0.2, 0) is 6.54 Å². The second-order valence-electron chi connectivity index (χ2n) is 4.30. The third kappa shape index (κ3) is 4.90. The quantitative estimate of drug-likeness (QED) is 0.784. The molecule has 0 saturated carbocycles. The molecule has 0 spiro atoms. The van der Waals surface area contributed by atoms with E-state index in [1.807, 2.05) is 18.2 Å². The Bertz CT molecular complexity index is 537. The van der Waals surface area contributed by atoms with Crippen LogP contribution in [-0.4, -0.2) is 18.1 Å². The van der Waals surface area contributed by atoms with Crippen LogP contribution in [0.2, 0.25) is 0 Å². The van der Waals surface area contributed by atoms with Gasteiger partial charge in [0.1, 0.15) is 0 Å². The fourth-order valence-electron chi connectivity index (χ4n) is 1.70. The smallest absolute Gasteiger partial charge is 0.250 e. The molecular weight excluding hydrogens is 323 g/mol. The molecule has 0 bridgehead atoms. The van der Waals surface area contributed by atoms with Crippen molar-refractivity contribution in [2.75, 3.05) is 13.2 Å². The summed E-state index contributed by atoms with van der Waals surface area (Å²) in [6, 6.07) is 11.5. The number of rotatable bonds is 7. The predicted octanol–water partition coefficient (Wildman–Crippen LogP) is 3.54. The van der Waals surface area contributed by atoms with Gasteiger partial charge in [-0.3, -0.25) is 0 Å². The molecule has 0 aliphatic heterocycles. The summed E-state index contributed by atoms with van der Waals surface area (Å²) in [5.74, 6) is -0.395. The molecule has 0 atom stereocenters. The van der Waals surface area contributed by atoms with Gasteiger partial charge in [0, 0.05) is 17.2 Å². The first-order valence-electron chi connectivity index (χ1n) is 6.44. The van der Waals surface area contributed by atoms with Crippen molar-refractivity contribution in [3.05, 3.63) is 58.4 Å². The lowest BCUT2D eigenvalue weighted by Crippen LogP contribution is -2.17. The highest BCUT2D eigenvalue weighted by atomic mass is 79.9. The molecule has 1 aromatic carbocycles. The van der Waals surface area contributed by atoms with Crippen molar-refractivity contribution < 1.29 is 9.13 Å². The van der Waals surface area contributed by atoms with Gasteiger partial charge in [0.25, 0.3) is 0 Å². The zero-order valence-corrected chi connectivity index (χ0v) is 12.6. The topological polar surface area (TPSA) is 34.1 Å². The second-order valence-corrected chi connectivity index (χ2v) is 5.22. The van der Waals surface area contributed by atoms with Crippen LogP contribution in [0.25, 0.3) is 0 Å². The Morgan fingerprint density at radius 1 is 1.25 bits per heavy atom. The summed E-state index contributed by atoms with van der Waals surface area (Å²) in [4.78, 5) is 3.88. The molecule has 106 valence electrons. The van der Waals surface area contributed by atoms with Crippen LogP contribution in [0.3, 0.4) is 0 Å². The van der Waals surface area contributed by atoms with E-state index < -0.39 is 5.82 Å². The number of hydrogen-bond donors (Lipinski definition) is 1. The van der Waals surface area contributed by atoms with Crippen LogP contribution >= 0.6 is 15.9 Å². The molecule has 0 saturated heterocycles. The van der Waals surface area contributed by atoms with Gasteiger partial charge in [-0.2, -0.15) is 0 Å². The third-order valence-electron chi connectivity index (χ3n) is 2.68. The molecule has 0 radical (unpaired) electrons. The second kappa shape index (κ2) is 7.97. The maximum absolute atomic E-state index is 13.4. The number of ether oxygens (including phenoxy) is 1. The summed E-state index contributed by atoms with van der Waals surface area (Å²) in [5, 5.41) is 3.31. The molecule has 1 heterocycles. The fraction of sp³-hybridized carbons (Fsp3) is 0.267. The first-order chi connectivity index (χ1) is 9.75. The number of aromatic nitrogens is 1. The highest BCUT2D eigenvalue weighted by Crippen LogP contribution is 2.17. The minimum atomic E-state index is -0.448. The highest BCUT2D eigenvalue weighted by Gasteiger charge is 2.04. The maximum Gasteiger partial charge on any atom is 0.250 e. The first kappa shape index (κ1) is 14.9. The van der Waals surface area contributed by atoms with Gasteiger partial charge >= 0.3 is 0 Å². The monoisotopic (exact) mass is 338 g/mol. The molecule has 0 aliphatic carbocycles. The Labute approximate surface area is 126 Å². The Hall–Kier alpha value is -1.46. The van der Waals surface area contributed by atoms with Crippen molar-refractivity contribution in [3.63, 3.8) is 0 Å². The standard InChI is InChI=1S/C15H16BrFN2O/c16-13-9-14(17)15(19-11-13)20-8-4-7-18-10-12-5-2-1-3-6-12/h1-3,5-6,9,11,18H,4,7-8,10H2. The van der Waals surface area contributed by atoms with E-state index in [0.29, 0.717) is 11.1 Å². The predicted molar refractivity (Wildman–Crippen MR) is 80.2 cm³/mol. The van der Waals surface area contributed by atoms with Crippen LogP contribution in [0.5, 0.6) is 5.88 Å². The normalized spacial score (nSPS) is 10.5. The van der Waals surface area contributed by atoms with Crippen LogP contribution < -0.4 is 10.1 Å². The molecule has 1 N–H and O–H groups in total.